The second-order valence-corrected chi connectivity index (χ2v) is 5.45. The van der Waals surface area contributed by atoms with Crippen LogP contribution in [0.25, 0.3) is 0 Å². The topological polar surface area (TPSA) is 96.0 Å². The van der Waals surface area contributed by atoms with Crippen LogP contribution in [-0.4, -0.2) is 33.7 Å². The summed E-state index contributed by atoms with van der Waals surface area (Å²) in [4.78, 5) is 22.6. The van der Waals surface area contributed by atoms with Gasteiger partial charge in [0.2, 0.25) is 6.10 Å². The summed E-state index contributed by atoms with van der Waals surface area (Å²) in [7, 11) is -2.54. The van der Waals surface area contributed by atoms with Crippen LogP contribution < -0.4 is 4.18 Å². The van der Waals surface area contributed by atoms with Crippen LogP contribution in [0.15, 0.2) is 24.3 Å². The molecule has 8 heteroatoms. The van der Waals surface area contributed by atoms with Gasteiger partial charge in [0, 0.05) is 12.5 Å². The molecular formula is C12H14O7S. The zero-order valence-electron chi connectivity index (χ0n) is 11.2. The fourth-order valence-electron chi connectivity index (χ4n) is 1.43. The standard InChI is InChI=1S/C12H14O7S/c1-8(13)18-11(12(14)17-2)9-5-4-6-10(7-9)19-20(3,15)16/h4-7,11H,1-3H3. The third-order valence-electron chi connectivity index (χ3n) is 2.11. The van der Waals surface area contributed by atoms with E-state index in [1.165, 1.54) is 24.3 Å². The van der Waals surface area contributed by atoms with Crippen molar-refractivity contribution in [2.75, 3.05) is 13.4 Å². The van der Waals surface area contributed by atoms with Crippen molar-refractivity contribution in [3.63, 3.8) is 0 Å². The molecule has 0 N–H and O–H groups in total. The van der Waals surface area contributed by atoms with Crippen LogP contribution in [0.3, 0.4) is 0 Å². The summed E-state index contributed by atoms with van der Waals surface area (Å²) >= 11 is 0. The third-order valence-corrected chi connectivity index (χ3v) is 2.60. The predicted molar refractivity (Wildman–Crippen MR) is 68.4 cm³/mol. The van der Waals surface area contributed by atoms with Crippen molar-refractivity contribution >= 4 is 22.1 Å². The van der Waals surface area contributed by atoms with Crippen LogP contribution in [-0.2, 0) is 29.2 Å². The van der Waals surface area contributed by atoms with Crippen LogP contribution in [0.5, 0.6) is 5.75 Å². The largest absolute Gasteiger partial charge is 0.466 e. The zero-order valence-corrected chi connectivity index (χ0v) is 12.0. The van der Waals surface area contributed by atoms with Gasteiger partial charge in [-0.05, 0) is 12.1 Å². The molecule has 0 saturated carbocycles. The molecule has 1 aromatic carbocycles. The van der Waals surface area contributed by atoms with Gasteiger partial charge in [-0.3, -0.25) is 4.79 Å². The fourth-order valence-corrected chi connectivity index (χ4v) is 1.88. The monoisotopic (exact) mass is 302 g/mol. The summed E-state index contributed by atoms with van der Waals surface area (Å²) in [6, 6.07) is 5.63. The van der Waals surface area contributed by atoms with Gasteiger partial charge in [0.25, 0.3) is 0 Å². The summed E-state index contributed by atoms with van der Waals surface area (Å²) in [5.41, 5.74) is 0.244. The Hall–Kier alpha value is -2.09. The average molecular weight is 302 g/mol. The molecule has 20 heavy (non-hydrogen) atoms. The lowest BCUT2D eigenvalue weighted by Gasteiger charge is -2.15. The molecule has 1 aromatic rings. The second kappa shape index (κ2) is 6.38. The van der Waals surface area contributed by atoms with E-state index in [0.717, 1.165) is 20.3 Å². The predicted octanol–water partition coefficient (Wildman–Crippen LogP) is 0.802. The van der Waals surface area contributed by atoms with E-state index >= 15 is 0 Å². The molecule has 0 bridgehead atoms. The molecule has 0 aliphatic heterocycles. The Balaban J connectivity index is 3.11. The van der Waals surface area contributed by atoms with Crippen molar-refractivity contribution in [2.24, 2.45) is 0 Å². The van der Waals surface area contributed by atoms with Crippen LogP contribution in [0.4, 0.5) is 0 Å². The van der Waals surface area contributed by atoms with Crippen LogP contribution in [0.2, 0.25) is 0 Å². The van der Waals surface area contributed by atoms with Crippen molar-refractivity contribution < 1.29 is 31.7 Å². The number of methoxy groups -OCH3 is 1. The molecule has 1 atom stereocenters. The Morgan fingerprint density at radius 1 is 1.25 bits per heavy atom. The van der Waals surface area contributed by atoms with Gasteiger partial charge in [-0.1, -0.05) is 12.1 Å². The van der Waals surface area contributed by atoms with E-state index in [9.17, 15) is 18.0 Å². The Bertz CT molecular complexity index is 606. The summed E-state index contributed by atoms with van der Waals surface area (Å²) in [6.07, 6.45) is -0.385. The van der Waals surface area contributed by atoms with Crippen molar-refractivity contribution in [1.29, 1.82) is 0 Å². The first kappa shape index (κ1) is 16.0. The first-order chi connectivity index (χ1) is 9.23. The number of hydrogen-bond acceptors (Lipinski definition) is 7. The maximum atomic E-state index is 11.6. The molecule has 0 fully saturated rings. The van der Waals surface area contributed by atoms with Crippen LogP contribution in [0.1, 0.15) is 18.6 Å². The summed E-state index contributed by atoms with van der Waals surface area (Å²) in [5, 5.41) is 0. The molecule has 0 saturated heterocycles. The maximum Gasteiger partial charge on any atom is 0.351 e. The smallest absolute Gasteiger partial charge is 0.351 e. The van der Waals surface area contributed by atoms with Gasteiger partial charge in [0.05, 0.1) is 13.4 Å². The van der Waals surface area contributed by atoms with Gasteiger partial charge in [0.1, 0.15) is 5.75 Å². The minimum absolute atomic E-state index is 0.00561. The molecule has 110 valence electrons. The second-order valence-electron chi connectivity index (χ2n) is 3.87. The number of esters is 2. The molecular weight excluding hydrogens is 288 g/mol. The van der Waals surface area contributed by atoms with E-state index in [2.05, 4.69) is 4.74 Å². The number of ether oxygens (including phenoxy) is 2. The summed E-state index contributed by atoms with van der Waals surface area (Å²) in [5.74, 6) is -1.45. The van der Waals surface area contributed by atoms with Gasteiger partial charge < -0.3 is 13.7 Å². The molecule has 0 aliphatic carbocycles. The van der Waals surface area contributed by atoms with Crippen molar-refractivity contribution in [3.05, 3.63) is 29.8 Å². The highest BCUT2D eigenvalue weighted by molar-refractivity contribution is 7.86. The first-order valence-electron chi connectivity index (χ1n) is 5.47. The number of hydrogen-bond donors (Lipinski definition) is 0. The minimum Gasteiger partial charge on any atom is -0.466 e. The average Bonchev–Trinajstić information content (AvgIpc) is 2.33. The van der Waals surface area contributed by atoms with Gasteiger partial charge >= 0.3 is 22.1 Å². The normalized spacial score (nSPS) is 12.3. The number of carbonyl (C=O) groups excluding carboxylic acids is 2. The molecule has 0 heterocycles. The van der Waals surface area contributed by atoms with E-state index in [1.807, 2.05) is 0 Å². The number of benzene rings is 1. The third kappa shape index (κ3) is 4.88. The first-order valence-corrected chi connectivity index (χ1v) is 7.29. The lowest BCUT2D eigenvalue weighted by molar-refractivity contribution is -0.165. The number of carbonyl (C=O) groups is 2. The van der Waals surface area contributed by atoms with Crippen molar-refractivity contribution in [3.8, 4) is 5.75 Å². The van der Waals surface area contributed by atoms with E-state index in [1.54, 1.807) is 0 Å². The SMILES string of the molecule is COC(=O)C(OC(C)=O)c1cccc(OS(C)(=O)=O)c1. The highest BCUT2D eigenvalue weighted by Crippen LogP contribution is 2.24. The highest BCUT2D eigenvalue weighted by atomic mass is 32.2. The van der Waals surface area contributed by atoms with E-state index < -0.39 is 28.2 Å². The molecule has 0 spiro atoms. The van der Waals surface area contributed by atoms with Gasteiger partial charge in [-0.15, -0.1) is 0 Å². The van der Waals surface area contributed by atoms with E-state index in [4.69, 9.17) is 8.92 Å². The Morgan fingerprint density at radius 3 is 2.40 bits per heavy atom. The zero-order chi connectivity index (χ0) is 15.3. The Kier molecular flexibility index (Phi) is 5.09. The summed E-state index contributed by atoms with van der Waals surface area (Å²) < 4.78 is 36.2. The molecule has 0 radical (unpaired) electrons. The molecule has 1 unspecified atom stereocenters. The highest BCUT2D eigenvalue weighted by Gasteiger charge is 2.25. The van der Waals surface area contributed by atoms with E-state index in [-0.39, 0.29) is 11.3 Å². The van der Waals surface area contributed by atoms with Gasteiger partial charge in [-0.2, -0.15) is 8.42 Å². The lowest BCUT2D eigenvalue weighted by Crippen LogP contribution is -2.20. The minimum atomic E-state index is -3.69. The lowest BCUT2D eigenvalue weighted by atomic mass is 10.1. The van der Waals surface area contributed by atoms with Crippen LogP contribution >= 0.6 is 0 Å². The summed E-state index contributed by atoms with van der Waals surface area (Å²) in [6.45, 7) is 1.15. The molecule has 7 nitrogen and oxygen atoms in total. The number of rotatable bonds is 5. The van der Waals surface area contributed by atoms with Crippen LogP contribution in [0, 0.1) is 0 Å². The van der Waals surface area contributed by atoms with Gasteiger partial charge in [-0.25, -0.2) is 4.79 Å². The van der Waals surface area contributed by atoms with Crippen molar-refractivity contribution in [2.45, 2.75) is 13.0 Å². The quantitative estimate of drug-likeness (QED) is 0.586. The fraction of sp³-hybridized carbons (Fsp3) is 0.333. The molecule has 0 amide bonds. The molecule has 0 aliphatic rings. The van der Waals surface area contributed by atoms with E-state index in [0.29, 0.717) is 0 Å². The van der Waals surface area contributed by atoms with Gasteiger partial charge in [0.15, 0.2) is 0 Å². The molecule has 0 aromatic heterocycles. The van der Waals surface area contributed by atoms with Crippen molar-refractivity contribution in [1.82, 2.24) is 0 Å². The Morgan fingerprint density at radius 2 is 1.90 bits per heavy atom. The maximum absolute atomic E-state index is 11.6. The Labute approximate surface area is 116 Å². The molecule has 1 rings (SSSR count).